The van der Waals surface area contributed by atoms with E-state index >= 15 is 0 Å². The zero-order valence-electron chi connectivity index (χ0n) is 14.0. The summed E-state index contributed by atoms with van der Waals surface area (Å²) in [6, 6.07) is 17.9. The molecule has 1 saturated carbocycles. The Hall–Kier alpha value is -1.84. The molecule has 0 saturated heterocycles. The molecule has 0 bridgehead atoms. The van der Waals surface area contributed by atoms with E-state index in [1.165, 1.54) is 11.1 Å². The van der Waals surface area contributed by atoms with E-state index in [-0.39, 0.29) is 23.7 Å². The predicted molar refractivity (Wildman–Crippen MR) is 100 cm³/mol. The summed E-state index contributed by atoms with van der Waals surface area (Å²) in [4.78, 5) is 12.3. The molecule has 3 rings (SSSR count). The van der Waals surface area contributed by atoms with Gasteiger partial charge < -0.3 is 11.1 Å². The van der Waals surface area contributed by atoms with E-state index in [2.05, 4.69) is 36.5 Å². The van der Waals surface area contributed by atoms with E-state index < -0.39 is 6.04 Å². The van der Waals surface area contributed by atoms with Crippen LogP contribution in [0.4, 0.5) is 0 Å². The van der Waals surface area contributed by atoms with Crippen LogP contribution in [-0.2, 0) is 16.6 Å². The summed E-state index contributed by atoms with van der Waals surface area (Å²) in [7, 11) is 0. The van der Waals surface area contributed by atoms with Crippen molar-refractivity contribution in [3.63, 3.8) is 0 Å². The van der Waals surface area contributed by atoms with E-state index in [1.807, 2.05) is 30.3 Å². The highest BCUT2D eigenvalue weighted by molar-refractivity contribution is 5.85. The van der Waals surface area contributed by atoms with Crippen molar-refractivity contribution in [3.8, 4) is 0 Å². The fourth-order valence-electron chi connectivity index (χ4n) is 3.21. The Labute approximate surface area is 150 Å². The van der Waals surface area contributed by atoms with Crippen LogP contribution in [0, 0.1) is 6.92 Å². The number of amides is 1. The number of carbonyl (C=O) groups is 1. The number of carbonyl (C=O) groups excluding carboxylic acids is 1. The number of rotatable bonds is 6. The molecule has 1 amide bonds. The first-order valence-corrected chi connectivity index (χ1v) is 8.24. The SMILES string of the molecule is Cc1ccccc1C1(CNC(=O)[C@@H](N)Cc2ccccc2)CC1.Cl. The van der Waals surface area contributed by atoms with Crippen LogP contribution in [0.1, 0.15) is 29.5 Å². The quantitative estimate of drug-likeness (QED) is 0.845. The molecule has 1 aliphatic carbocycles. The molecule has 2 aromatic carbocycles. The molecule has 1 atom stereocenters. The van der Waals surface area contributed by atoms with Crippen LogP contribution in [0.25, 0.3) is 0 Å². The molecule has 1 aliphatic rings. The Balaban J connectivity index is 0.00000208. The van der Waals surface area contributed by atoms with Crippen molar-refractivity contribution in [2.75, 3.05) is 6.54 Å². The Morgan fingerprint density at radius 1 is 1.12 bits per heavy atom. The summed E-state index contributed by atoms with van der Waals surface area (Å²) in [5.41, 5.74) is 9.92. The van der Waals surface area contributed by atoms with Gasteiger partial charge in [-0.15, -0.1) is 12.4 Å². The minimum atomic E-state index is -0.495. The summed E-state index contributed by atoms with van der Waals surface area (Å²) in [5.74, 6) is -0.0614. The average Bonchev–Trinajstić information content (AvgIpc) is 3.35. The fraction of sp³-hybridized carbons (Fsp3) is 0.350. The highest BCUT2D eigenvalue weighted by atomic mass is 35.5. The van der Waals surface area contributed by atoms with Gasteiger partial charge in [-0.05, 0) is 42.9 Å². The van der Waals surface area contributed by atoms with Gasteiger partial charge >= 0.3 is 0 Å². The van der Waals surface area contributed by atoms with E-state index in [1.54, 1.807) is 0 Å². The van der Waals surface area contributed by atoms with Gasteiger partial charge in [0.2, 0.25) is 5.91 Å². The summed E-state index contributed by atoms with van der Waals surface area (Å²) in [6.45, 7) is 2.82. The fourth-order valence-corrected chi connectivity index (χ4v) is 3.21. The minimum absolute atomic E-state index is 0. The van der Waals surface area contributed by atoms with Crippen molar-refractivity contribution >= 4 is 18.3 Å². The van der Waals surface area contributed by atoms with Gasteiger partial charge in [-0.2, -0.15) is 0 Å². The van der Waals surface area contributed by atoms with Gasteiger partial charge in [0.15, 0.2) is 0 Å². The predicted octanol–water partition coefficient (Wildman–Crippen LogP) is 3.13. The van der Waals surface area contributed by atoms with Crippen molar-refractivity contribution in [2.45, 2.75) is 37.6 Å². The third kappa shape index (κ3) is 4.16. The van der Waals surface area contributed by atoms with Crippen LogP contribution in [0.15, 0.2) is 54.6 Å². The summed E-state index contributed by atoms with van der Waals surface area (Å²) < 4.78 is 0. The molecule has 128 valence electrons. The van der Waals surface area contributed by atoms with Gasteiger partial charge in [0.05, 0.1) is 6.04 Å². The zero-order valence-corrected chi connectivity index (χ0v) is 14.8. The van der Waals surface area contributed by atoms with Crippen LogP contribution in [0.2, 0.25) is 0 Å². The Bertz CT molecular complexity index is 683. The molecule has 0 spiro atoms. The van der Waals surface area contributed by atoms with E-state index in [0.29, 0.717) is 13.0 Å². The van der Waals surface area contributed by atoms with Crippen LogP contribution in [-0.4, -0.2) is 18.5 Å². The number of benzene rings is 2. The van der Waals surface area contributed by atoms with Crippen molar-refractivity contribution in [1.82, 2.24) is 5.32 Å². The summed E-state index contributed by atoms with van der Waals surface area (Å²) in [6.07, 6.45) is 2.84. The van der Waals surface area contributed by atoms with Crippen LogP contribution < -0.4 is 11.1 Å². The lowest BCUT2D eigenvalue weighted by Gasteiger charge is -2.20. The van der Waals surface area contributed by atoms with Gasteiger partial charge in [-0.3, -0.25) is 4.79 Å². The molecule has 24 heavy (non-hydrogen) atoms. The Morgan fingerprint density at radius 2 is 1.75 bits per heavy atom. The first kappa shape index (κ1) is 18.5. The summed E-state index contributed by atoms with van der Waals surface area (Å²) in [5, 5.41) is 3.07. The third-order valence-corrected chi connectivity index (χ3v) is 4.81. The van der Waals surface area contributed by atoms with Crippen LogP contribution >= 0.6 is 12.4 Å². The second kappa shape index (κ2) is 7.82. The van der Waals surface area contributed by atoms with Gasteiger partial charge in [-0.25, -0.2) is 0 Å². The molecule has 0 aromatic heterocycles. The molecule has 0 unspecified atom stereocenters. The molecule has 0 aliphatic heterocycles. The highest BCUT2D eigenvalue weighted by Gasteiger charge is 2.45. The van der Waals surface area contributed by atoms with Crippen LogP contribution in [0.3, 0.4) is 0 Å². The van der Waals surface area contributed by atoms with Gasteiger partial charge in [0.25, 0.3) is 0 Å². The maximum atomic E-state index is 12.3. The van der Waals surface area contributed by atoms with Gasteiger partial charge in [0, 0.05) is 12.0 Å². The Morgan fingerprint density at radius 3 is 2.38 bits per heavy atom. The maximum Gasteiger partial charge on any atom is 0.237 e. The standard InChI is InChI=1S/C20H24N2O.ClH/c1-15-7-5-6-10-17(15)20(11-12-20)14-22-19(23)18(21)13-16-8-3-2-4-9-16;/h2-10,18H,11-14,21H2,1H3,(H,22,23);1H/t18-;/m0./s1. The molecule has 4 heteroatoms. The largest absolute Gasteiger partial charge is 0.354 e. The molecular weight excluding hydrogens is 320 g/mol. The average molecular weight is 345 g/mol. The first-order chi connectivity index (χ1) is 11.1. The lowest BCUT2D eigenvalue weighted by Crippen LogP contribution is -2.44. The minimum Gasteiger partial charge on any atom is -0.354 e. The van der Waals surface area contributed by atoms with E-state index in [0.717, 1.165) is 18.4 Å². The summed E-state index contributed by atoms with van der Waals surface area (Å²) >= 11 is 0. The normalized spacial score (nSPS) is 15.9. The van der Waals surface area contributed by atoms with Crippen LogP contribution in [0.5, 0.6) is 0 Å². The number of aryl methyl sites for hydroxylation is 1. The van der Waals surface area contributed by atoms with Crippen molar-refractivity contribution < 1.29 is 4.79 Å². The third-order valence-electron chi connectivity index (χ3n) is 4.81. The number of nitrogens with one attached hydrogen (secondary N) is 1. The maximum absolute atomic E-state index is 12.3. The van der Waals surface area contributed by atoms with Crippen molar-refractivity contribution in [2.24, 2.45) is 5.73 Å². The second-order valence-corrected chi connectivity index (χ2v) is 6.61. The monoisotopic (exact) mass is 344 g/mol. The lowest BCUT2D eigenvalue weighted by molar-refractivity contribution is -0.122. The molecule has 0 heterocycles. The van der Waals surface area contributed by atoms with Gasteiger partial charge in [0.1, 0.15) is 0 Å². The van der Waals surface area contributed by atoms with E-state index in [9.17, 15) is 4.79 Å². The zero-order chi connectivity index (χ0) is 16.3. The topological polar surface area (TPSA) is 55.1 Å². The van der Waals surface area contributed by atoms with E-state index in [4.69, 9.17) is 5.73 Å². The highest BCUT2D eigenvalue weighted by Crippen LogP contribution is 2.48. The molecule has 3 nitrogen and oxygen atoms in total. The Kier molecular flexibility index (Phi) is 6.03. The van der Waals surface area contributed by atoms with Gasteiger partial charge in [-0.1, -0.05) is 54.6 Å². The molecule has 2 aromatic rings. The molecule has 0 radical (unpaired) electrons. The second-order valence-electron chi connectivity index (χ2n) is 6.61. The van der Waals surface area contributed by atoms with Crippen molar-refractivity contribution in [3.05, 3.63) is 71.3 Å². The number of hydrogen-bond donors (Lipinski definition) is 2. The lowest BCUT2D eigenvalue weighted by atomic mass is 9.91. The molecular formula is C20H25ClN2O. The molecule has 1 fully saturated rings. The first-order valence-electron chi connectivity index (χ1n) is 8.24. The number of hydrogen-bond acceptors (Lipinski definition) is 2. The van der Waals surface area contributed by atoms with Crippen molar-refractivity contribution in [1.29, 1.82) is 0 Å². The number of halogens is 1. The molecule has 3 N–H and O–H groups in total. The number of nitrogens with two attached hydrogens (primary N) is 1. The smallest absolute Gasteiger partial charge is 0.237 e.